The summed E-state index contributed by atoms with van der Waals surface area (Å²) in [6.45, 7) is 8.76. The molecule has 0 spiro atoms. The van der Waals surface area contributed by atoms with E-state index in [1.54, 1.807) is 22.9 Å². The summed E-state index contributed by atoms with van der Waals surface area (Å²) < 4.78 is 5.01. The maximum atomic E-state index is 12.7. The smallest absolute Gasteiger partial charge is 0.409 e. The topological polar surface area (TPSA) is 78.9 Å². The molecule has 0 N–H and O–H groups in total. The zero-order chi connectivity index (χ0) is 20.8. The van der Waals surface area contributed by atoms with E-state index < -0.39 is 0 Å². The number of rotatable bonds is 5. The summed E-state index contributed by atoms with van der Waals surface area (Å²) in [5, 5.41) is 0. The number of hydrogen-bond acceptors (Lipinski definition) is 6. The minimum Gasteiger partial charge on any atom is -0.450 e. The average Bonchev–Trinajstić information content (AvgIpc) is 2.75. The highest BCUT2D eigenvalue weighted by Gasteiger charge is 2.26. The van der Waals surface area contributed by atoms with Crippen LogP contribution in [0.1, 0.15) is 29.9 Å². The van der Waals surface area contributed by atoms with E-state index in [4.69, 9.17) is 4.74 Å². The Kier molecular flexibility index (Phi) is 6.64. The highest BCUT2D eigenvalue weighted by Crippen LogP contribution is 2.23. The van der Waals surface area contributed by atoms with Gasteiger partial charge in [0.1, 0.15) is 5.69 Å². The number of amides is 2. The van der Waals surface area contributed by atoms with E-state index in [0.717, 1.165) is 12.2 Å². The molecule has 0 bridgehead atoms. The molecule has 29 heavy (non-hydrogen) atoms. The number of ether oxygens (including phenoxy) is 1. The molecule has 1 aliphatic rings. The summed E-state index contributed by atoms with van der Waals surface area (Å²) in [5.74, 6) is 0.521. The molecule has 1 aliphatic heterocycles. The number of piperazine rings is 1. The van der Waals surface area contributed by atoms with Crippen LogP contribution in [0.3, 0.4) is 0 Å². The normalized spacial score (nSPS) is 13.9. The summed E-state index contributed by atoms with van der Waals surface area (Å²) >= 11 is 0. The molecule has 0 aliphatic carbocycles. The van der Waals surface area contributed by atoms with Crippen molar-refractivity contribution in [1.82, 2.24) is 19.8 Å². The molecule has 8 heteroatoms. The van der Waals surface area contributed by atoms with Gasteiger partial charge < -0.3 is 19.4 Å². The monoisotopic (exact) mass is 397 g/mol. The second kappa shape index (κ2) is 9.36. The Bertz CT molecular complexity index is 848. The number of hydrogen-bond donors (Lipinski definition) is 0. The predicted octanol–water partition coefficient (Wildman–Crippen LogP) is 2.86. The summed E-state index contributed by atoms with van der Waals surface area (Å²) in [4.78, 5) is 38.7. The average molecular weight is 397 g/mol. The first-order chi connectivity index (χ1) is 14.0. The van der Waals surface area contributed by atoms with Gasteiger partial charge in [0.2, 0.25) is 0 Å². The van der Waals surface area contributed by atoms with Crippen molar-refractivity contribution in [3.05, 3.63) is 47.9 Å². The standard InChI is InChI=1S/C21H27N5O3/c1-4-26(17-8-6-7-16(3)13-17)19-15-22-18(14-23-19)20(27)24-9-11-25(12-10-24)21(28)29-5-2/h6-8,13-15H,4-5,9-12H2,1-3H3. The first kappa shape index (κ1) is 20.6. The Morgan fingerprint density at radius 2 is 1.79 bits per heavy atom. The maximum Gasteiger partial charge on any atom is 0.409 e. The molecule has 1 fully saturated rings. The van der Waals surface area contributed by atoms with Crippen molar-refractivity contribution in [1.29, 1.82) is 0 Å². The highest BCUT2D eigenvalue weighted by molar-refractivity contribution is 5.92. The first-order valence-corrected chi connectivity index (χ1v) is 9.90. The fraction of sp³-hybridized carbons (Fsp3) is 0.429. The van der Waals surface area contributed by atoms with E-state index in [1.165, 1.54) is 11.8 Å². The molecule has 154 valence electrons. The van der Waals surface area contributed by atoms with E-state index in [-0.39, 0.29) is 12.0 Å². The van der Waals surface area contributed by atoms with Gasteiger partial charge in [-0.1, -0.05) is 12.1 Å². The molecule has 2 aromatic rings. The van der Waals surface area contributed by atoms with Gasteiger partial charge in [-0.3, -0.25) is 4.79 Å². The van der Waals surface area contributed by atoms with Gasteiger partial charge in [0.25, 0.3) is 5.91 Å². The molecule has 0 radical (unpaired) electrons. The third-order valence-corrected chi connectivity index (χ3v) is 4.86. The number of aryl methyl sites for hydroxylation is 1. The van der Waals surface area contributed by atoms with Gasteiger partial charge in [-0.25, -0.2) is 14.8 Å². The van der Waals surface area contributed by atoms with Crippen molar-refractivity contribution in [3.8, 4) is 0 Å². The molecule has 2 amide bonds. The van der Waals surface area contributed by atoms with Crippen LogP contribution in [0.4, 0.5) is 16.3 Å². The SMILES string of the molecule is CCOC(=O)N1CCN(C(=O)c2cnc(N(CC)c3cccc(C)c3)cn2)CC1. The second-order valence-electron chi connectivity index (χ2n) is 6.82. The van der Waals surface area contributed by atoms with Gasteiger partial charge in [0.15, 0.2) is 5.82 Å². The van der Waals surface area contributed by atoms with Crippen LogP contribution in [-0.2, 0) is 4.74 Å². The lowest BCUT2D eigenvalue weighted by atomic mass is 10.2. The summed E-state index contributed by atoms with van der Waals surface area (Å²) in [6.07, 6.45) is 2.82. The van der Waals surface area contributed by atoms with Crippen LogP contribution in [0.25, 0.3) is 0 Å². The molecule has 1 saturated heterocycles. The molecular formula is C21H27N5O3. The van der Waals surface area contributed by atoms with E-state index in [9.17, 15) is 9.59 Å². The van der Waals surface area contributed by atoms with Crippen LogP contribution in [0.5, 0.6) is 0 Å². The molecule has 2 heterocycles. The number of nitrogens with zero attached hydrogens (tertiary/aromatic N) is 5. The zero-order valence-electron chi connectivity index (χ0n) is 17.2. The van der Waals surface area contributed by atoms with Crippen molar-refractivity contribution in [3.63, 3.8) is 0 Å². The predicted molar refractivity (Wildman–Crippen MR) is 110 cm³/mol. The van der Waals surface area contributed by atoms with Crippen LogP contribution >= 0.6 is 0 Å². The van der Waals surface area contributed by atoms with Crippen molar-refractivity contribution in [2.24, 2.45) is 0 Å². The summed E-state index contributed by atoms with van der Waals surface area (Å²) in [6, 6.07) is 8.18. The fourth-order valence-corrected chi connectivity index (χ4v) is 3.31. The van der Waals surface area contributed by atoms with Crippen LogP contribution in [0, 0.1) is 6.92 Å². The fourth-order valence-electron chi connectivity index (χ4n) is 3.31. The van der Waals surface area contributed by atoms with Gasteiger partial charge >= 0.3 is 6.09 Å². The van der Waals surface area contributed by atoms with Gasteiger partial charge in [-0.05, 0) is 38.5 Å². The molecule has 0 unspecified atom stereocenters. The van der Waals surface area contributed by atoms with E-state index in [2.05, 4.69) is 16.0 Å². The minimum absolute atomic E-state index is 0.175. The Morgan fingerprint density at radius 1 is 1.07 bits per heavy atom. The number of aromatic nitrogens is 2. The Hall–Kier alpha value is -3.16. The van der Waals surface area contributed by atoms with Crippen molar-refractivity contribution < 1.29 is 14.3 Å². The Morgan fingerprint density at radius 3 is 2.38 bits per heavy atom. The van der Waals surface area contributed by atoms with Gasteiger partial charge in [-0.2, -0.15) is 0 Å². The third-order valence-electron chi connectivity index (χ3n) is 4.86. The third kappa shape index (κ3) is 4.82. The van der Waals surface area contributed by atoms with E-state index in [1.807, 2.05) is 36.9 Å². The molecular weight excluding hydrogens is 370 g/mol. The number of carbonyl (C=O) groups is 2. The lowest BCUT2D eigenvalue weighted by molar-refractivity contribution is 0.0565. The quantitative estimate of drug-likeness (QED) is 0.772. The lowest BCUT2D eigenvalue weighted by Crippen LogP contribution is -2.50. The minimum atomic E-state index is -0.334. The Labute approximate surface area is 171 Å². The molecule has 0 saturated carbocycles. The second-order valence-corrected chi connectivity index (χ2v) is 6.82. The maximum absolute atomic E-state index is 12.7. The number of carbonyl (C=O) groups excluding carboxylic acids is 2. The lowest BCUT2D eigenvalue weighted by Gasteiger charge is -2.33. The highest BCUT2D eigenvalue weighted by atomic mass is 16.6. The van der Waals surface area contributed by atoms with Gasteiger partial charge in [0, 0.05) is 38.4 Å². The summed E-state index contributed by atoms with van der Waals surface area (Å²) in [5.41, 5.74) is 2.51. The van der Waals surface area contributed by atoms with Crippen LogP contribution in [-0.4, -0.2) is 71.1 Å². The van der Waals surface area contributed by atoms with Crippen LogP contribution < -0.4 is 4.90 Å². The number of anilines is 2. The summed E-state index contributed by atoms with van der Waals surface area (Å²) in [7, 11) is 0. The molecule has 0 atom stereocenters. The van der Waals surface area contributed by atoms with Gasteiger partial charge in [-0.15, -0.1) is 0 Å². The first-order valence-electron chi connectivity index (χ1n) is 9.90. The molecule has 8 nitrogen and oxygen atoms in total. The van der Waals surface area contributed by atoms with Crippen LogP contribution in [0.2, 0.25) is 0 Å². The molecule has 1 aromatic carbocycles. The Balaban J connectivity index is 1.65. The van der Waals surface area contributed by atoms with Crippen LogP contribution in [0.15, 0.2) is 36.7 Å². The van der Waals surface area contributed by atoms with Gasteiger partial charge in [0.05, 0.1) is 19.0 Å². The largest absolute Gasteiger partial charge is 0.450 e. The number of benzene rings is 1. The molecule has 3 rings (SSSR count). The van der Waals surface area contributed by atoms with E-state index in [0.29, 0.717) is 44.3 Å². The molecule has 1 aromatic heterocycles. The van der Waals surface area contributed by atoms with Crippen molar-refractivity contribution in [2.75, 3.05) is 44.2 Å². The van der Waals surface area contributed by atoms with Crippen molar-refractivity contribution >= 4 is 23.5 Å². The van der Waals surface area contributed by atoms with Crippen molar-refractivity contribution in [2.45, 2.75) is 20.8 Å². The van der Waals surface area contributed by atoms with E-state index >= 15 is 0 Å². The zero-order valence-corrected chi connectivity index (χ0v) is 17.2.